The second-order valence-electron chi connectivity index (χ2n) is 3.17. The van der Waals surface area contributed by atoms with Gasteiger partial charge in [0.2, 0.25) is 0 Å². The average Bonchev–Trinajstić information content (AvgIpc) is 2.48. The SMILES string of the molecule is CCN1CC=Cc2[nH]cc(C)c21. The van der Waals surface area contributed by atoms with Gasteiger partial charge in [-0.05, 0) is 25.5 Å². The number of likely N-dealkylation sites (N-methyl/N-ethyl adjacent to an activating group) is 1. The van der Waals surface area contributed by atoms with Gasteiger partial charge in [0.25, 0.3) is 0 Å². The lowest BCUT2D eigenvalue weighted by Gasteiger charge is -2.25. The first-order valence-corrected chi connectivity index (χ1v) is 4.42. The maximum absolute atomic E-state index is 3.26. The summed E-state index contributed by atoms with van der Waals surface area (Å²) in [6.07, 6.45) is 6.43. The molecule has 12 heavy (non-hydrogen) atoms. The molecule has 0 saturated carbocycles. The van der Waals surface area contributed by atoms with Gasteiger partial charge in [0, 0.05) is 19.3 Å². The Hall–Kier alpha value is -1.18. The highest BCUT2D eigenvalue weighted by molar-refractivity contribution is 5.72. The number of nitrogens with one attached hydrogen (secondary N) is 1. The van der Waals surface area contributed by atoms with Crippen LogP contribution in [0.1, 0.15) is 18.2 Å². The monoisotopic (exact) mass is 162 g/mol. The lowest BCUT2D eigenvalue weighted by molar-refractivity contribution is 0.895. The molecule has 2 heteroatoms. The molecule has 1 N–H and O–H groups in total. The summed E-state index contributed by atoms with van der Waals surface area (Å²) < 4.78 is 0. The first-order chi connectivity index (χ1) is 5.83. The number of aryl methyl sites for hydroxylation is 1. The van der Waals surface area contributed by atoms with E-state index in [1.54, 1.807) is 0 Å². The van der Waals surface area contributed by atoms with E-state index in [2.05, 4.69) is 42.1 Å². The summed E-state index contributed by atoms with van der Waals surface area (Å²) in [4.78, 5) is 5.64. The third kappa shape index (κ3) is 0.951. The summed E-state index contributed by atoms with van der Waals surface area (Å²) >= 11 is 0. The molecule has 0 radical (unpaired) electrons. The molecule has 2 rings (SSSR count). The summed E-state index contributed by atoms with van der Waals surface area (Å²) in [6.45, 7) is 6.46. The Morgan fingerprint density at radius 1 is 1.58 bits per heavy atom. The van der Waals surface area contributed by atoms with E-state index in [4.69, 9.17) is 0 Å². The molecule has 1 aromatic rings. The van der Waals surface area contributed by atoms with Crippen molar-refractivity contribution in [3.8, 4) is 0 Å². The van der Waals surface area contributed by atoms with Crippen LogP contribution in [0.2, 0.25) is 0 Å². The number of H-pyrrole nitrogens is 1. The Morgan fingerprint density at radius 2 is 2.42 bits per heavy atom. The third-order valence-corrected chi connectivity index (χ3v) is 2.38. The van der Waals surface area contributed by atoms with Gasteiger partial charge in [-0.2, -0.15) is 0 Å². The lowest BCUT2D eigenvalue weighted by atomic mass is 10.2. The first kappa shape index (κ1) is 7.47. The van der Waals surface area contributed by atoms with Gasteiger partial charge in [-0.3, -0.25) is 0 Å². The van der Waals surface area contributed by atoms with Crippen molar-refractivity contribution < 1.29 is 0 Å². The van der Waals surface area contributed by atoms with Crippen molar-refractivity contribution in [1.29, 1.82) is 0 Å². The van der Waals surface area contributed by atoms with E-state index in [0.717, 1.165) is 13.1 Å². The van der Waals surface area contributed by atoms with Crippen LogP contribution in [-0.2, 0) is 0 Å². The fraction of sp³-hybridized carbons (Fsp3) is 0.400. The second kappa shape index (κ2) is 2.70. The fourth-order valence-electron chi connectivity index (χ4n) is 1.76. The van der Waals surface area contributed by atoms with Gasteiger partial charge < -0.3 is 9.88 Å². The highest BCUT2D eigenvalue weighted by Gasteiger charge is 2.14. The minimum atomic E-state index is 1.04. The number of aromatic nitrogens is 1. The Kier molecular flexibility index (Phi) is 1.68. The van der Waals surface area contributed by atoms with E-state index in [9.17, 15) is 0 Å². The van der Waals surface area contributed by atoms with Crippen LogP contribution in [0.4, 0.5) is 5.69 Å². The Bertz CT molecular complexity index is 310. The van der Waals surface area contributed by atoms with Gasteiger partial charge in [0.1, 0.15) is 0 Å². The van der Waals surface area contributed by atoms with Gasteiger partial charge >= 0.3 is 0 Å². The van der Waals surface area contributed by atoms with Crippen LogP contribution in [0, 0.1) is 6.92 Å². The lowest BCUT2D eigenvalue weighted by Crippen LogP contribution is -2.25. The molecule has 0 fully saturated rings. The molecular formula is C10H14N2. The third-order valence-electron chi connectivity index (χ3n) is 2.38. The molecule has 0 atom stereocenters. The van der Waals surface area contributed by atoms with E-state index in [-0.39, 0.29) is 0 Å². The van der Waals surface area contributed by atoms with Crippen LogP contribution in [0.3, 0.4) is 0 Å². The van der Waals surface area contributed by atoms with E-state index >= 15 is 0 Å². The number of fused-ring (bicyclic) bond motifs is 1. The van der Waals surface area contributed by atoms with Crippen molar-refractivity contribution >= 4 is 11.8 Å². The number of rotatable bonds is 1. The molecule has 0 unspecified atom stereocenters. The summed E-state index contributed by atoms with van der Waals surface area (Å²) in [7, 11) is 0. The zero-order valence-corrected chi connectivity index (χ0v) is 7.59. The average molecular weight is 162 g/mol. The van der Waals surface area contributed by atoms with E-state index in [1.807, 2.05) is 0 Å². The predicted molar refractivity (Wildman–Crippen MR) is 52.5 cm³/mol. The fourth-order valence-corrected chi connectivity index (χ4v) is 1.76. The summed E-state index contributed by atoms with van der Waals surface area (Å²) in [6, 6.07) is 0. The van der Waals surface area contributed by atoms with Crippen molar-refractivity contribution in [3.63, 3.8) is 0 Å². The Labute approximate surface area is 72.9 Å². The van der Waals surface area contributed by atoms with Crippen molar-refractivity contribution in [1.82, 2.24) is 4.98 Å². The highest BCUT2D eigenvalue weighted by Crippen LogP contribution is 2.28. The molecule has 0 aromatic carbocycles. The number of hydrogen-bond acceptors (Lipinski definition) is 1. The predicted octanol–water partition coefficient (Wildman–Crippen LogP) is 2.18. The summed E-state index contributed by atoms with van der Waals surface area (Å²) in [5.41, 5.74) is 3.97. The molecular weight excluding hydrogens is 148 g/mol. The molecule has 0 spiro atoms. The standard InChI is InChI=1S/C10H14N2/c1-3-12-6-4-5-9-10(12)8(2)7-11-9/h4-5,7,11H,3,6H2,1-2H3. The number of aromatic amines is 1. The summed E-state index contributed by atoms with van der Waals surface area (Å²) in [5.74, 6) is 0. The van der Waals surface area contributed by atoms with Crippen LogP contribution in [0.5, 0.6) is 0 Å². The van der Waals surface area contributed by atoms with Crippen molar-refractivity contribution in [2.45, 2.75) is 13.8 Å². The van der Waals surface area contributed by atoms with Crippen LogP contribution < -0.4 is 4.90 Å². The molecule has 0 amide bonds. The minimum absolute atomic E-state index is 1.04. The smallest absolute Gasteiger partial charge is 0.0652 e. The molecule has 2 nitrogen and oxygen atoms in total. The van der Waals surface area contributed by atoms with Crippen LogP contribution in [0.15, 0.2) is 12.3 Å². The van der Waals surface area contributed by atoms with E-state index in [1.165, 1.54) is 16.9 Å². The zero-order valence-electron chi connectivity index (χ0n) is 7.59. The molecule has 1 aromatic heterocycles. The molecule has 1 aliphatic heterocycles. The van der Waals surface area contributed by atoms with Crippen LogP contribution in [0.25, 0.3) is 6.08 Å². The molecule has 0 saturated heterocycles. The molecule has 1 aliphatic rings. The molecule has 0 aliphatic carbocycles. The van der Waals surface area contributed by atoms with Gasteiger partial charge in [0.15, 0.2) is 0 Å². The van der Waals surface area contributed by atoms with Gasteiger partial charge in [0.05, 0.1) is 11.4 Å². The quantitative estimate of drug-likeness (QED) is 0.670. The van der Waals surface area contributed by atoms with Gasteiger partial charge in [-0.1, -0.05) is 6.08 Å². The van der Waals surface area contributed by atoms with E-state index < -0.39 is 0 Å². The summed E-state index contributed by atoms with van der Waals surface area (Å²) in [5, 5.41) is 0. The van der Waals surface area contributed by atoms with Crippen LogP contribution in [-0.4, -0.2) is 18.1 Å². The largest absolute Gasteiger partial charge is 0.366 e. The normalized spacial score (nSPS) is 15.0. The number of anilines is 1. The Balaban J connectivity index is 2.48. The first-order valence-electron chi connectivity index (χ1n) is 4.42. The van der Waals surface area contributed by atoms with Crippen molar-refractivity contribution in [3.05, 3.63) is 23.5 Å². The van der Waals surface area contributed by atoms with E-state index in [0.29, 0.717) is 0 Å². The molecule has 2 heterocycles. The second-order valence-corrected chi connectivity index (χ2v) is 3.17. The molecule has 64 valence electrons. The number of nitrogens with zero attached hydrogens (tertiary/aromatic N) is 1. The number of hydrogen-bond donors (Lipinski definition) is 1. The van der Waals surface area contributed by atoms with Crippen molar-refractivity contribution in [2.24, 2.45) is 0 Å². The van der Waals surface area contributed by atoms with Gasteiger partial charge in [-0.15, -0.1) is 0 Å². The maximum Gasteiger partial charge on any atom is 0.0652 e. The Morgan fingerprint density at radius 3 is 3.17 bits per heavy atom. The van der Waals surface area contributed by atoms with Crippen LogP contribution >= 0.6 is 0 Å². The zero-order chi connectivity index (χ0) is 8.55. The minimum Gasteiger partial charge on any atom is -0.366 e. The maximum atomic E-state index is 3.26. The van der Waals surface area contributed by atoms with Crippen molar-refractivity contribution in [2.75, 3.05) is 18.0 Å². The molecule has 0 bridgehead atoms. The van der Waals surface area contributed by atoms with Gasteiger partial charge in [-0.25, -0.2) is 0 Å². The highest BCUT2D eigenvalue weighted by atomic mass is 15.1. The topological polar surface area (TPSA) is 19.0 Å².